The summed E-state index contributed by atoms with van der Waals surface area (Å²) in [7, 11) is 0. The van der Waals surface area contributed by atoms with Crippen molar-refractivity contribution in [3.05, 3.63) is 48.0 Å². The molecule has 2 nitrogen and oxygen atoms in total. The fourth-order valence-corrected chi connectivity index (χ4v) is 1.17. The Bertz CT molecular complexity index is 386. The lowest BCUT2D eigenvalue weighted by atomic mass is 10.1. The maximum atomic E-state index is 10.3. The van der Waals surface area contributed by atoms with Gasteiger partial charge in [0.25, 0.3) is 0 Å². The molecule has 0 saturated heterocycles. The summed E-state index contributed by atoms with van der Waals surface area (Å²) in [6, 6.07) is 7.84. The molecule has 0 spiro atoms. The molecule has 15 heavy (non-hydrogen) atoms. The van der Waals surface area contributed by atoms with Crippen LogP contribution in [0, 0.1) is 0 Å². The van der Waals surface area contributed by atoms with Crippen molar-refractivity contribution in [3.8, 4) is 0 Å². The molecule has 1 rings (SSSR count). The molecule has 0 unspecified atom stereocenters. The van der Waals surface area contributed by atoms with Gasteiger partial charge in [-0.25, -0.2) is 0 Å². The number of benzene rings is 1. The van der Waals surface area contributed by atoms with Crippen LogP contribution in [0.3, 0.4) is 0 Å². The molecule has 0 aromatic heterocycles. The molecular weight excluding hydrogens is 188 g/mol. The van der Waals surface area contributed by atoms with Crippen LogP contribution in [-0.2, 0) is 4.79 Å². The number of allylic oxidation sites excluding steroid dienone is 1. The maximum Gasteiger partial charge on any atom is 0.307 e. The summed E-state index contributed by atoms with van der Waals surface area (Å²) >= 11 is 0. The van der Waals surface area contributed by atoms with E-state index in [1.807, 2.05) is 31.2 Å². The van der Waals surface area contributed by atoms with Crippen molar-refractivity contribution in [2.24, 2.45) is 0 Å². The zero-order valence-corrected chi connectivity index (χ0v) is 8.73. The molecule has 0 atom stereocenters. The van der Waals surface area contributed by atoms with Gasteiger partial charge in [-0.3, -0.25) is 4.79 Å². The molecule has 0 saturated carbocycles. The lowest BCUT2D eigenvalue weighted by molar-refractivity contribution is -0.135. The van der Waals surface area contributed by atoms with Crippen molar-refractivity contribution in [2.45, 2.75) is 13.3 Å². The summed E-state index contributed by atoms with van der Waals surface area (Å²) in [5.41, 5.74) is 3.13. The summed E-state index contributed by atoms with van der Waals surface area (Å²) in [6.07, 6.45) is 3.50. The Labute approximate surface area is 89.6 Å². The largest absolute Gasteiger partial charge is 0.481 e. The highest BCUT2D eigenvalue weighted by Crippen LogP contribution is 2.13. The van der Waals surface area contributed by atoms with Crippen LogP contribution < -0.4 is 0 Å². The highest BCUT2D eigenvalue weighted by Gasteiger charge is 1.93. The first-order chi connectivity index (χ1) is 7.09. The maximum absolute atomic E-state index is 10.3. The first kappa shape index (κ1) is 11.2. The lowest BCUT2D eigenvalue weighted by Gasteiger charge is -1.99. The molecule has 0 radical (unpaired) electrons. The number of hydrogen-bond acceptors (Lipinski definition) is 1. The predicted molar refractivity (Wildman–Crippen MR) is 62.4 cm³/mol. The summed E-state index contributed by atoms with van der Waals surface area (Å²) in [5, 5.41) is 8.45. The van der Waals surface area contributed by atoms with Gasteiger partial charge in [0, 0.05) is 0 Å². The minimum atomic E-state index is -0.815. The van der Waals surface area contributed by atoms with E-state index in [1.54, 1.807) is 12.2 Å². The highest BCUT2D eigenvalue weighted by atomic mass is 16.4. The second kappa shape index (κ2) is 5.15. The third-order valence-corrected chi connectivity index (χ3v) is 2.01. The van der Waals surface area contributed by atoms with E-state index in [9.17, 15) is 4.79 Å². The van der Waals surface area contributed by atoms with Gasteiger partial charge in [0.2, 0.25) is 0 Å². The van der Waals surface area contributed by atoms with E-state index in [2.05, 4.69) is 6.58 Å². The van der Waals surface area contributed by atoms with Crippen molar-refractivity contribution in [1.29, 1.82) is 0 Å². The van der Waals surface area contributed by atoms with Gasteiger partial charge in [-0.2, -0.15) is 0 Å². The number of carbonyl (C=O) groups is 1. The molecule has 0 aliphatic heterocycles. The van der Waals surface area contributed by atoms with Gasteiger partial charge in [0.05, 0.1) is 6.42 Å². The molecule has 2 heteroatoms. The van der Waals surface area contributed by atoms with Gasteiger partial charge in [0.15, 0.2) is 0 Å². The number of rotatable bonds is 4. The van der Waals surface area contributed by atoms with E-state index in [0.717, 1.165) is 16.7 Å². The van der Waals surface area contributed by atoms with Crippen molar-refractivity contribution < 1.29 is 9.90 Å². The van der Waals surface area contributed by atoms with Crippen LogP contribution >= 0.6 is 0 Å². The molecule has 0 amide bonds. The number of carboxylic acid groups (broad SMARTS) is 1. The number of carboxylic acids is 1. The van der Waals surface area contributed by atoms with Gasteiger partial charge in [-0.1, -0.05) is 48.6 Å². The molecule has 0 aliphatic carbocycles. The Kier molecular flexibility index (Phi) is 3.86. The normalized spacial score (nSPS) is 10.5. The molecular formula is C13H14O2. The molecule has 0 heterocycles. The van der Waals surface area contributed by atoms with E-state index in [1.165, 1.54) is 0 Å². The second-order valence-electron chi connectivity index (χ2n) is 3.40. The van der Waals surface area contributed by atoms with Gasteiger partial charge in [-0.15, -0.1) is 0 Å². The van der Waals surface area contributed by atoms with E-state index in [4.69, 9.17) is 5.11 Å². The average molecular weight is 202 g/mol. The zero-order chi connectivity index (χ0) is 11.3. The fourth-order valence-electron chi connectivity index (χ4n) is 1.17. The summed E-state index contributed by atoms with van der Waals surface area (Å²) < 4.78 is 0. The minimum Gasteiger partial charge on any atom is -0.481 e. The highest BCUT2D eigenvalue weighted by molar-refractivity contribution is 5.70. The topological polar surface area (TPSA) is 37.3 Å². The molecule has 0 bridgehead atoms. The van der Waals surface area contributed by atoms with Crippen LogP contribution in [0.1, 0.15) is 24.5 Å². The van der Waals surface area contributed by atoms with Gasteiger partial charge in [0.1, 0.15) is 0 Å². The Morgan fingerprint density at radius 3 is 2.47 bits per heavy atom. The van der Waals surface area contributed by atoms with E-state index >= 15 is 0 Å². The smallest absolute Gasteiger partial charge is 0.307 e. The van der Waals surface area contributed by atoms with Gasteiger partial charge >= 0.3 is 5.97 Å². The summed E-state index contributed by atoms with van der Waals surface area (Å²) in [6.45, 7) is 5.80. The van der Waals surface area contributed by atoms with Crippen molar-refractivity contribution in [3.63, 3.8) is 0 Å². The van der Waals surface area contributed by atoms with Crippen LogP contribution in [0.25, 0.3) is 11.6 Å². The summed E-state index contributed by atoms with van der Waals surface area (Å²) in [5.74, 6) is -0.815. The second-order valence-corrected chi connectivity index (χ2v) is 3.40. The molecule has 0 aliphatic rings. The van der Waals surface area contributed by atoms with Crippen molar-refractivity contribution >= 4 is 17.6 Å². The quantitative estimate of drug-likeness (QED) is 0.814. The summed E-state index contributed by atoms with van der Waals surface area (Å²) in [4.78, 5) is 10.3. The van der Waals surface area contributed by atoms with Crippen LogP contribution in [0.15, 0.2) is 36.9 Å². The van der Waals surface area contributed by atoms with Crippen molar-refractivity contribution in [1.82, 2.24) is 0 Å². The average Bonchev–Trinajstić information content (AvgIpc) is 2.18. The minimum absolute atomic E-state index is 0.0578. The van der Waals surface area contributed by atoms with E-state index in [0.29, 0.717) is 0 Å². The fraction of sp³-hybridized carbons (Fsp3) is 0.154. The molecule has 1 N–H and O–H groups in total. The predicted octanol–water partition coefficient (Wildman–Crippen LogP) is 3.21. The molecule has 1 aromatic carbocycles. The Morgan fingerprint density at radius 2 is 2.00 bits per heavy atom. The van der Waals surface area contributed by atoms with Crippen molar-refractivity contribution in [2.75, 3.05) is 0 Å². The van der Waals surface area contributed by atoms with E-state index < -0.39 is 5.97 Å². The first-order valence-corrected chi connectivity index (χ1v) is 4.74. The van der Waals surface area contributed by atoms with Crippen LogP contribution in [0.4, 0.5) is 0 Å². The van der Waals surface area contributed by atoms with Crippen LogP contribution in [0.5, 0.6) is 0 Å². The van der Waals surface area contributed by atoms with Gasteiger partial charge in [-0.05, 0) is 18.1 Å². The number of aliphatic carboxylic acids is 1. The third-order valence-electron chi connectivity index (χ3n) is 2.01. The Balaban J connectivity index is 2.68. The Morgan fingerprint density at radius 1 is 1.40 bits per heavy atom. The molecule has 1 aromatic rings. The molecule has 78 valence electrons. The molecule has 0 fully saturated rings. The van der Waals surface area contributed by atoms with Crippen LogP contribution in [0.2, 0.25) is 0 Å². The number of hydrogen-bond donors (Lipinski definition) is 1. The third kappa shape index (κ3) is 3.81. The van der Waals surface area contributed by atoms with Crippen LogP contribution in [-0.4, -0.2) is 11.1 Å². The Hall–Kier alpha value is -1.83. The standard InChI is InChI=1S/C13H14O2/c1-10(2)12-8-6-11(7-9-12)4-3-5-13(14)15/h3-4,6-9H,1,5H2,2H3,(H,14,15). The van der Waals surface area contributed by atoms with E-state index in [-0.39, 0.29) is 6.42 Å². The lowest BCUT2D eigenvalue weighted by Crippen LogP contribution is -1.89. The monoisotopic (exact) mass is 202 g/mol. The zero-order valence-electron chi connectivity index (χ0n) is 8.73. The van der Waals surface area contributed by atoms with Gasteiger partial charge < -0.3 is 5.11 Å². The first-order valence-electron chi connectivity index (χ1n) is 4.74. The SMILES string of the molecule is C=C(C)c1ccc(C=CCC(=O)O)cc1.